The molecule has 0 aliphatic carbocycles. The molecule has 1 aromatic rings. The quantitative estimate of drug-likeness (QED) is 0.786. The van der Waals surface area contributed by atoms with Crippen molar-refractivity contribution < 1.29 is 4.74 Å². The summed E-state index contributed by atoms with van der Waals surface area (Å²) < 4.78 is 5.80. The first-order valence-electron chi connectivity index (χ1n) is 6.94. The van der Waals surface area contributed by atoms with Crippen molar-refractivity contribution in [3.63, 3.8) is 0 Å². The lowest BCUT2D eigenvalue weighted by atomic mass is 9.93. The van der Waals surface area contributed by atoms with Crippen LogP contribution in [0.2, 0.25) is 0 Å². The van der Waals surface area contributed by atoms with Crippen LogP contribution in [0.1, 0.15) is 44.4 Å². The van der Waals surface area contributed by atoms with Gasteiger partial charge in [0.2, 0.25) is 0 Å². The van der Waals surface area contributed by atoms with Gasteiger partial charge in [0.1, 0.15) is 0 Å². The second-order valence-electron chi connectivity index (χ2n) is 4.98. The molecule has 18 heavy (non-hydrogen) atoms. The van der Waals surface area contributed by atoms with Crippen LogP contribution < -0.4 is 5.32 Å². The van der Waals surface area contributed by atoms with E-state index in [0.29, 0.717) is 0 Å². The summed E-state index contributed by atoms with van der Waals surface area (Å²) in [6.07, 6.45) is 10.3. The standard InChI is InChI=1S/C14H23N3O/c1-12(14-11-16-8-9-17-14)18-10-2-3-13-4-6-15-7-5-13/h8-9,11-13,15H,2-7,10H2,1H3. The first kappa shape index (κ1) is 13.4. The van der Waals surface area contributed by atoms with Crippen LogP contribution >= 0.6 is 0 Å². The molecule has 4 nitrogen and oxygen atoms in total. The van der Waals surface area contributed by atoms with Crippen LogP contribution in [-0.2, 0) is 4.74 Å². The first-order chi connectivity index (χ1) is 8.86. The number of rotatable bonds is 6. The molecular weight excluding hydrogens is 226 g/mol. The molecule has 0 radical (unpaired) electrons. The van der Waals surface area contributed by atoms with E-state index in [1.54, 1.807) is 18.6 Å². The summed E-state index contributed by atoms with van der Waals surface area (Å²) in [5.74, 6) is 0.890. The maximum Gasteiger partial charge on any atom is 0.0982 e. The fourth-order valence-electron chi connectivity index (χ4n) is 2.41. The third-order valence-corrected chi connectivity index (χ3v) is 3.58. The number of ether oxygens (including phenoxy) is 1. The van der Waals surface area contributed by atoms with Crippen LogP contribution in [0.3, 0.4) is 0 Å². The summed E-state index contributed by atoms with van der Waals surface area (Å²) in [6, 6.07) is 0. The van der Waals surface area contributed by atoms with Gasteiger partial charge < -0.3 is 10.1 Å². The zero-order valence-corrected chi connectivity index (χ0v) is 11.1. The molecule has 0 amide bonds. The minimum Gasteiger partial charge on any atom is -0.372 e. The number of nitrogens with one attached hydrogen (secondary N) is 1. The lowest BCUT2D eigenvalue weighted by Gasteiger charge is -2.22. The fraction of sp³-hybridized carbons (Fsp3) is 0.714. The van der Waals surface area contributed by atoms with Gasteiger partial charge in [-0.25, -0.2) is 0 Å². The summed E-state index contributed by atoms with van der Waals surface area (Å²) in [5, 5.41) is 3.40. The zero-order valence-electron chi connectivity index (χ0n) is 11.1. The van der Waals surface area contributed by atoms with Gasteiger partial charge in [0.05, 0.1) is 18.0 Å². The average molecular weight is 249 g/mol. The van der Waals surface area contributed by atoms with Gasteiger partial charge in [-0.15, -0.1) is 0 Å². The Labute approximate surface area is 109 Å². The third kappa shape index (κ3) is 4.35. The molecule has 0 spiro atoms. The van der Waals surface area contributed by atoms with Crippen LogP contribution in [0.5, 0.6) is 0 Å². The summed E-state index contributed by atoms with van der Waals surface area (Å²) in [6.45, 7) is 5.22. The van der Waals surface area contributed by atoms with Gasteiger partial charge in [-0.1, -0.05) is 0 Å². The minimum atomic E-state index is 0.0479. The van der Waals surface area contributed by atoms with Crippen LogP contribution in [0.4, 0.5) is 0 Å². The molecule has 1 aliphatic rings. The van der Waals surface area contributed by atoms with Gasteiger partial charge >= 0.3 is 0 Å². The van der Waals surface area contributed by atoms with Gasteiger partial charge in [0.15, 0.2) is 0 Å². The molecule has 1 unspecified atom stereocenters. The Kier molecular flexibility index (Phi) is 5.55. The van der Waals surface area contributed by atoms with Crippen molar-refractivity contribution >= 4 is 0 Å². The van der Waals surface area contributed by atoms with Crippen molar-refractivity contribution in [1.29, 1.82) is 0 Å². The second-order valence-corrected chi connectivity index (χ2v) is 4.98. The molecule has 1 fully saturated rings. The van der Waals surface area contributed by atoms with Crippen molar-refractivity contribution in [3.8, 4) is 0 Å². The first-order valence-corrected chi connectivity index (χ1v) is 6.94. The van der Waals surface area contributed by atoms with Gasteiger partial charge in [-0.3, -0.25) is 9.97 Å². The molecule has 2 heterocycles. The van der Waals surface area contributed by atoms with Crippen LogP contribution in [0, 0.1) is 5.92 Å². The number of hydrogen-bond donors (Lipinski definition) is 1. The molecular formula is C14H23N3O. The SMILES string of the molecule is CC(OCCCC1CCNCC1)c1cnccn1. The van der Waals surface area contributed by atoms with E-state index in [1.165, 1.54) is 32.4 Å². The molecule has 4 heteroatoms. The highest BCUT2D eigenvalue weighted by Gasteiger charge is 2.13. The van der Waals surface area contributed by atoms with Crippen molar-refractivity contribution in [1.82, 2.24) is 15.3 Å². The Balaban J connectivity index is 1.60. The van der Waals surface area contributed by atoms with E-state index in [2.05, 4.69) is 15.3 Å². The molecule has 0 aromatic carbocycles. The van der Waals surface area contributed by atoms with Gasteiger partial charge in [0, 0.05) is 19.0 Å². The second kappa shape index (κ2) is 7.44. The summed E-state index contributed by atoms with van der Waals surface area (Å²) >= 11 is 0. The van der Waals surface area contributed by atoms with Crippen LogP contribution in [-0.4, -0.2) is 29.7 Å². The Morgan fingerprint density at radius 2 is 2.22 bits per heavy atom. The highest BCUT2D eigenvalue weighted by atomic mass is 16.5. The van der Waals surface area contributed by atoms with Gasteiger partial charge in [-0.2, -0.15) is 0 Å². The Bertz CT molecular complexity index is 325. The molecule has 100 valence electrons. The molecule has 1 saturated heterocycles. The lowest BCUT2D eigenvalue weighted by molar-refractivity contribution is 0.0570. The van der Waals surface area contributed by atoms with E-state index in [-0.39, 0.29) is 6.10 Å². The predicted octanol–water partition coefficient (Wildman–Crippen LogP) is 2.33. The normalized spacial score (nSPS) is 18.7. The molecule has 1 atom stereocenters. The van der Waals surface area contributed by atoms with E-state index in [4.69, 9.17) is 4.74 Å². The minimum absolute atomic E-state index is 0.0479. The maximum atomic E-state index is 5.80. The summed E-state index contributed by atoms with van der Waals surface area (Å²) in [4.78, 5) is 8.31. The number of aromatic nitrogens is 2. The van der Waals surface area contributed by atoms with Crippen molar-refractivity contribution in [2.45, 2.75) is 38.7 Å². The zero-order chi connectivity index (χ0) is 12.6. The van der Waals surface area contributed by atoms with E-state index < -0.39 is 0 Å². The topological polar surface area (TPSA) is 47.0 Å². The lowest BCUT2D eigenvalue weighted by Crippen LogP contribution is -2.27. The number of nitrogens with zero attached hydrogens (tertiary/aromatic N) is 2. The summed E-state index contributed by atoms with van der Waals surface area (Å²) in [7, 11) is 0. The highest BCUT2D eigenvalue weighted by molar-refractivity contribution is 4.97. The Morgan fingerprint density at radius 3 is 2.94 bits per heavy atom. The fourth-order valence-corrected chi connectivity index (χ4v) is 2.41. The molecule has 2 rings (SSSR count). The maximum absolute atomic E-state index is 5.80. The van der Waals surface area contributed by atoms with Crippen LogP contribution in [0.15, 0.2) is 18.6 Å². The highest BCUT2D eigenvalue weighted by Crippen LogP contribution is 2.19. The predicted molar refractivity (Wildman–Crippen MR) is 71.2 cm³/mol. The van der Waals surface area contributed by atoms with E-state index in [1.807, 2.05) is 6.92 Å². The van der Waals surface area contributed by atoms with Gasteiger partial charge in [-0.05, 0) is 51.6 Å². The molecule has 1 aliphatic heterocycles. The van der Waals surface area contributed by atoms with Crippen molar-refractivity contribution in [3.05, 3.63) is 24.3 Å². The van der Waals surface area contributed by atoms with E-state index in [9.17, 15) is 0 Å². The molecule has 0 saturated carbocycles. The largest absolute Gasteiger partial charge is 0.372 e. The van der Waals surface area contributed by atoms with E-state index >= 15 is 0 Å². The monoisotopic (exact) mass is 249 g/mol. The number of hydrogen-bond acceptors (Lipinski definition) is 4. The number of piperidine rings is 1. The smallest absolute Gasteiger partial charge is 0.0982 e. The molecule has 1 N–H and O–H groups in total. The molecule has 1 aromatic heterocycles. The van der Waals surface area contributed by atoms with Crippen LogP contribution in [0.25, 0.3) is 0 Å². The Morgan fingerprint density at radius 1 is 1.39 bits per heavy atom. The third-order valence-electron chi connectivity index (χ3n) is 3.58. The summed E-state index contributed by atoms with van der Waals surface area (Å²) in [5.41, 5.74) is 0.916. The van der Waals surface area contributed by atoms with E-state index in [0.717, 1.165) is 24.6 Å². The average Bonchev–Trinajstić information content (AvgIpc) is 2.45. The molecule has 0 bridgehead atoms. The van der Waals surface area contributed by atoms with Gasteiger partial charge in [0.25, 0.3) is 0 Å². The van der Waals surface area contributed by atoms with Crippen molar-refractivity contribution in [2.24, 2.45) is 5.92 Å². The Hall–Kier alpha value is -1.00. The van der Waals surface area contributed by atoms with Crippen molar-refractivity contribution in [2.75, 3.05) is 19.7 Å².